The zero-order chi connectivity index (χ0) is 15.4. The molecule has 3 heterocycles. The molecule has 0 unspecified atom stereocenters. The number of hydrogen-bond acceptors (Lipinski definition) is 3. The number of benzene rings is 1. The van der Waals surface area contributed by atoms with Crippen molar-refractivity contribution in [1.82, 2.24) is 9.38 Å². The van der Waals surface area contributed by atoms with Gasteiger partial charge >= 0.3 is 0 Å². The summed E-state index contributed by atoms with van der Waals surface area (Å²) >= 11 is 1.76. The van der Waals surface area contributed by atoms with Gasteiger partial charge in [-0.15, -0.1) is 11.3 Å². The van der Waals surface area contributed by atoms with Crippen LogP contribution in [-0.2, 0) is 0 Å². The van der Waals surface area contributed by atoms with Crippen LogP contribution in [0.1, 0.15) is 16.8 Å². The molecule has 0 aliphatic heterocycles. The van der Waals surface area contributed by atoms with Gasteiger partial charge in [-0.05, 0) is 43.3 Å². The van der Waals surface area contributed by atoms with Crippen molar-refractivity contribution in [3.05, 3.63) is 52.5 Å². The van der Waals surface area contributed by atoms with Crippen LogP contribution in [0.25, 0.3) is 27.0 Å². The molecule has 0 saturated heterocycles. The van der Waals surface area contributed by atoms with Crippen molar-refractivity contribution in [3.8, 4) is 11.3 Å². The summed E-state index contributed by atoms with van der Waals surface area (Å²) in [5, 5.41) is 3.30. The molecule has 4 heteroatoms. The second-order valence-electron chi connectivity index (χ2n) is 5.69. The van der Waals surface area contributed by atoms with E-state index in [1.54, 1.807) is 11.3 Å². The molecule has 110 valence electrons. The fraction of sp³-hybridized carbons (Fsp3) is 0.167. The highest BCUT2D eigenvalue weighted by molar-refractivity contribution is 7.17. The fourth-order valence-electron chi connectivity index (χ4n) is 3.10. The van der Waals surface area contributed by atoms with Gasteiger partial charge in [0.05, 0.1) is 0 Å². The van der Waals surface area contributed by atoms with E-state index in [-0.39, 0.29) is 0 Å². The molecular formula is C18H17N3S. The summed E-state index contributed by atoms with van der Waals surface area (Å²) in [6.45, 7) is 6.36. The molecule has 0 aliphatic rings. The van der Waals surface area contributed by atoms with Crippen LogP contribution in [0.3, 0.4) is 0 Å². The van der Waals surface area contributed by atoms with Gasteiger partial charge < -0.3 is 5.73 Å². The van der Waals surface area contributed by atoms with Crippen molar-refractivity contribution in [1.29, 1.82) is 0 Å². The number of anilines is 1. The number of hydrogen-bond donors (Lipinski definition) is 1. The monoisotopic (exact) mass is 307 g/mol. The summed E-state index contributed by atoms with van der Waals surface area (Å²) in [6.07, 6.45) is 0. The summed E-state index contributed by atoms with van der Waals surface area (Å²) < 4.78 is 3.39. The highest BCUT2D eigenvalue weighted by atomic mass is 32.1. The van der Waals surface area contributed by atoms with Crippen molar-refractivity contribution in [2.45, 2.75) is 20.8 Å². The molecule has 3 nitrogen and oxygen atoms in total. The molecule has 0 bridgehead atoms. The normalized spacial score (nSPS) is 11.6. The minimum Gasteiger partial charge on any atom is -0.383 e. The molecule has 0 spiro atoms. The van der Waals surface area contributed by atoms with Gasteiger partial charge in [0.15, 0.2) is 0 Å². The first-order valence-electron chi connectivity index (χ1n) is 7.30. The molecule has 0 atom stereocenters. The Labute approximate surface area is 133 Å². The maximum absolute atomic E-state index is 6.47. The molecule has 4 rings (SSSR count). The van der Waals surface area contributed by atoms with E-state index >= 15 is 0 Å². The lowest BCUT2D eigenvalue weighted by atomic mass is 10.1. The topological polar surface area (TPSA) is 43.3 Å². The summed E-state index contributed by atoms with van der Waals surface area (Å²) in [6, 6.07) is 10.4. The second kappa shape index (κ2) is 4.58. The molecule has 2 N–H and O–H groups in total. The predicted octanol–water partition coefficient (Wildman–Crippen LogP) is 4.72. The average Bonchev–Trinajstić information content (AvgIpc) is 3.10. The molecule has 1 aromatic carbocycles. The molecule has 0 radical (unpaired) electrons. The number of pyridine rings is 1. The third-order valence-corrected chi connectivity index (χ3v) is 5.47. The number of nitrogens with two attached hydrogens (primary N) is 1. The minimum atomic E-state index is 0.720. The summed E-state index contributed by atoms with van der Waals surface area (Å²) in [4.78, 5) is 4.89. The van der Waals surface area contributed by atoms with Gasteiger partial charge in [0.2, 0.25) is 0 Å². The van der Waals surface area contributed by atoms with Crippen LogP contribution >= 0.6 is 11.3 Å². The Hall–Kier alpha value is -2.33. The minimum absolute atomic E-state index is 0.720. The van der Waals surface area contributed by atoms with Gasteiger partial charge in [-0.3, -0.25) is 4.40 Å². The van der Waals surface area contributed by atoms with E-state index < -0.39 is 0 Å². The van der Waals surface area contributed by atoms with E-state index in [9.17, 15) is 0 Å². The molecule has 0 amide bonds. The number of imidazole rings is 1. The average molecular weight is 307 g/mol. The third kappa shape index (κ3) is 1.64. The maximum atomic E-state index is 6.47. The van der Waals surface area contributed by atoms with Crippen molar-refractivity contribution in [3.63, 3.8) is 0 Å². The standard InChI is InChI=1S/C18H17N3S/c1-10-6-4-5-7-13(10)15-17(19)21-12(3)11(2)16-14(8-9-22-16)18(21)20-15/h4-9H,19H2,1-3H3. The quantitative estimate of drug-likeness (QED) is 0.553. The van der Waals surface area contributed by atoms with Crippen LogP contribution in [0, 0.1) is 20.8 Å². The van der Waals surface area contributed by atoms with Crippen LogP contribution in [0.15, 0.2) is 35.7 Å². The van der Waals surface area contributed by atoms with Crippen LogP contribution in [0.4, 0.5) is 5.82 Å². The lowest BCUT2D eigenvalue weighted by molar-refractivity contribution is 1.09. The Balaban J connectivity index is 2.18. The van der Waals surface area contributed by atoms with Gasteiger partial charge in [0, 0.05) is 21.3 Å². The summed E-state index contributed by atoms with van der Waals surface area (Å²) in [5.41, 5.74) is 13.0. The van der Waals surface area contributed by atoms with Crippen LogP contribution in [-0.4, -0.2) is 9.38 Å². The molecule has 4 aromatic rings. The molecule has 0 saturated carbocycles. The lowest BCUT2D eigenvalue weighted by Crippen LogP contribution is -2.00. The Morgan fingerprint density at radius 3 is 2.64 bits per heavy atom. The van der Waals surface area contributed by atoms with E-state index in [1.807, 2.05) is 12.1 Å². The van der Waals surface area contributed by atoms with E-state index in [1.165, 1.54) is 21.2 Å². The summed E-state index contributed by atoms with van der Waals surface area (Å²) in [7, 11) is 0. The zero-order valence-corrected chi connectivity index (χ0v) is 13.7. The Morgan fingerprint density at radius 2 is 1.86 bits per heavy atom. The van der Waals surface area contributed by atoms with Crippen LogP contribution in [0.5, 0.6) is 0 Å². The van der Waals surface area contributed by atoms with Crippen LogP contribution < -0.4 is 5.73 Å². The van der Waals surface area contributed by atoms with Gasteiger partial charge in [-0.25, -0.2) is 4.98 Å². The number of nitrogens with zero attached hydrogens (tertiary/aromatic N) is 2. The summed E-state index contributed by atoms with van der Waals surface area (Å²) in [5.74, 6) is 0.720. The van der Waals surface area contributed by atoms with E-state index in [0.717, 1.165) is 28.4 Å². The first kappa shape index (κ1) is 13.3. The number of fused-ring (bicyclic) bond motifs is 3. The molecule has 22 heavy (non-hydrogen) atoms. The van der Waals surface area contributed by atoms with Crippen molar-refractivity contribution >= 4 is 32.9 Å². The van der Waals surface area contributed by atoms with Gasteiger partial charge in [0.1, 0.15) is 17.2 Å². The lowest BCUT2D eigenvalue weighted by Gasteiger charge is -2.08. The first-order chi connectivity index (χ1) is 10.6. The first-order valence-corrected chi connectivity index (χ1v) is 8.18. The smallest absolute Gasteiger partial charge is 0.148 e. The molecular weight excluding hydrogens is 290 g/mol. The Morgan fingerprint density at radius 1 is 1.09 bits per heavy atom. The Kier molecular flexibility index (Phi) is 2.78. The SMILES string of the molecule is Cc1ccccc1-c1nc2c3ccsc3c(C)c(C)n2c1N. The zero-order valence-electron chi connectivity index (χ0n) is 12.8. The highest BCUT2D eigenvalue weighted by Gasteiger charge is 2.18. The van der Waals surface area contributed by atoms with E-state index in [2.05, 4.69) is 48.8 Å². The van der Waals surface area contributed by atoms with E-state index in [0.29, 0.717) is 0 Å². The Bertz CT molecular complexity index is 1020. The number of rotatable bonds is 1. The van der Waals surface area contributed by atoms with Gasteiger partial charge in [0.25, 0.3) is 0 Å². The number of aromatic nitrogens is 2. The maximum Gasteiger partial charge on any atom is 0.148 e. The fourth-order valence-corrected chi connectivity index (χ4v) is 4.05. The molecule has 0 aliphatic carbocycles. The largest absolute Gasteiger partial charge is 0.383 e. The molecule has 0 fully saturated rings. The van der Waals surface area contributed by atoms with Gasteiger partial charge in [-0.2, -0.15) is 0 Å². The number of aryl methyl sites for hydroxylation is 3. The van der Waals surface area contributed by atoms with Crippen molar-refractivity contribution < 1.29 is 0 Å². The number of thiophene rings is 1. The van der Waals surface area contributed by atoms with Crippen molar-refractivity contribution in [2.75, 3.05) is 5.73 Å². The van der Waals surface area contributed by atoms with E-state index in [4.69, 9.17) is 10.7 Å². The third-order valence-electron chi connectivity index (χ3n) is 4.44. The van der Waals surface area contributed by atoms with Crippen molar-refractivity contribution in [2.24, 2.45) is 0 Å². The van der Waals surface area contributed by atoms with Gasteiger partial charge in [-0.1, -0.05) is 24.3 Å². The molecule has 3 aromatic heterocycles. The highest BCUT2D eigenvalue weighted by Crippen LogP contribution is 2.36. The predicted molar refractivity (Wildman–Crippen MR) is 94.6 cm³/mol. The second-order valence-corrected chi connectivity index (χ2v) is 6.61. The number of nitrogen functional groups attached to an aromatic ring is 1. The van der Waals surface area contributed by atoms with Crippen LogP contribution in [0.2, 0.25) is 0 Å².